The standard InChI is InChI=1S/C11H22N2/c1-12-10-5-3-4-6-11(10)13(2)9-7-8-9/h9-12H,3-8H2,1-2H3/t10-,11+/m0/s1. The number of nitrogens with one attached hydrogen (secondary N) is 1. The summed E-state index contributed by atoms with van der Waals surface area (Å²) in [5.41, 5.74) is 0. The second-order valence-corrected chi connectivity index (χ2v) is 4.64. The van der Waals surface area contributed by atoms with E-state index in [1.165, 1.54) is 38.5 Å². The molecule has 0 radical (unpaired) electrons. The first-order valence-corrected chi connectivity index (χ1v) is 5.72. The maximum Gasteiger partial charge on any atom is 0.0249 e. The van der Waals surface area contributed by atoms with Crippen LogP contribution in [0, 0.1) is 0 Å². The third-order valence-electron chi connectivity index (χ3n) is 3.75. The molecular weight excluding hydrogens is 160 g/mol. The highest BCUT2D eigenvalue weighted by atomic mass is 15.2. The fraction of sp³-hybridized carbons (Fsp3) is 1.00. The first kappa shape index (κ1) is 9.47. The van der Waals surface area contributed by atoms with Crippen LogP contribution in [0.15, 0.2) is 0 Å². The van der Waals surface area contributed by atoms with Gasteiger partial charge in [-0.25, -0.2) is 0 Å². The van der Waals surface area contributed by atoms with Gasteiger partial charge in [-0.2, -0.15) is 0 Å². The minimum atomic E-state index is 0.749. The highest BCUT2D eigenvalue weighted by Gasteiger charge is 2.35. The largest absolute Gasteiger partial charge is 0.315 e. The zero-order valence-electron chi connectivity index (χ0n) is 8.92. The van der Waals surface area contributed by atoms with E-state index >= 15 is 0 Å². The van der Waals surface area contributed by atoms with Gasteiger partial charge in [-0.15, -0.1) is 0 Å². The van der Waals surface area contributed by atoms with E-state index in [4.69, 9.17) is 0 Å². The second kappa shape index (κ2) is 3.97. The molecule has 2 rings (SSSR count). The molecule has 0 unspecified atom stereocenters. The minimum Gasteiger partial charge on any atom is -0.315 e. The number of nitrogens with zero attached hydrogens (tertiary/aromatic N) is 1. The predicted molar refractivity (Wildman–Crippen MR) is 55.9 cm³/mol. The molecule has 0 aromatic rings. The lowest BCUT2D eigenvalue weighted by Gasteiger charge is -2.38. The number of likely N-dealkylation sites (N-methyl/N-ethyl adjacent to an activating group) is 2. The molecule has 0 saturated heterocycles. The molecule has 2 aliphatic carbocycles. The van der Waals surface area contributed by atoms with Crippen molar-refractivity contribution in [1.29, 1.82) is 0 Å². The SMILES string of the molecule is CN[C@H]1CCCC[C@H]1N(C)C1CC1. The van der Waals surface area contributed by atoms with Crippen LogP contribution in [0.25, 0.3) is 0 Å². The number of hydrogen-bond acceptors (Lipinski definition) is 2. The van der Waals surface area contributed by atoms with Gasteiger partial charge in [0.1, 0.15) is 0 Å². The molecular formula is C11H22N2. The Morgan fingerprint density at radius 3 is 2.38 bits per heavy atom. The Hall–Kier alpha value is -0.0800. The van der Waals surface area contributed by atoms with Crippen molar-refractivity contribution in [3.8, 4) is 0 Å². The van der Waals surface area contributed by atoms with Crippen LogP contribution < -0.4 is 5.32 Å². The van der Waals surface area contributed by atoms with Crippen molar-refractivity contribution in [2.75, 3.05) is 14.1 Å². The maximum atomic E-state index is 3.48. The molecule has 2 heteroatoms. The maximum absolute atomic E-state index is 3.48. The molecule has 2 saturated carbocycles. The Morgan fingerprint density at radius 1 is 1.08 bits per heavy atom. The third kappa shape index (κ3) is 2.05. The number of rotatable bonds is 3. The van der Waals surface area contributed by atoms with Crippen LogP contribution in [0.5, 0.6) is 0 Å². The van der Waals surface area contributed by atoms with E-state index in [0.717, 1.165) is 18.1 Å². The fourth-order valence-corrected chi connectivity index (χ4v) is 2.69. The summed E-state index contributed by atoms with van der Waals surface area (Å²) < 4.78 is 0. The summed E-state index contributed by atoms with van der Waals surface area (Å²) in [6.45, 7) is 0. The lowest BCUT2D eigenvalue weighted by atomic mass is 9.89. The van der Waals surface area contributed by atoms with Crippen LogP contribution in [0.1, 0.15) is 38.5 Å². The summed E-state index contributed by atoms with van der Waals surface area (Å²) in [5, 5.41) is 3.48. The average Bonchev–Trinajstić information content (AvgIpc) is 3.00. The van der Waals surface area contributed by atoms with Crippen LogP contribution in [0.2, 0.25) is 0 Å². The van der Waals surface area contributed by atoms with Gasteiger partial charge in [0.15, 0.2) is 0 Å². The number of hydrogen-bond donors (Lipinski definition) is 1. The monoisotopic (exact) mass is 182 g/mol. The van der Waals surface area contributed by atoms with E-state index in [-0.39, 0.29) is 0 Å². The van der Waals surface area contributed by atoms with Gasteiger partial charge in [0, 0.05) is 18.1 Å². The van der Waals surface area contributed by atoms with Crippen molar-refractivity contribution < 1.29 is 0 Å². The van der Waals surface area contributed by atoms with Gasteiger partial charge in [0.05, 0.1) is 0 Å². The van der Waals surface area contributed by atoms with Crippen LogP contribution in [0.4, 0.5) is 0 Å². The molecule has 0 spiro atoms. The molecule has 0 aromatic heterocycles. The summed E-state index contributed by atoms with van der Waals surface area (Å²) in [6.07, 6.45) is 8.49. The second-order valence-electron chi connectivity index (χ2n) is 4.64. The summed E-state index contributed by atoms with van der Waals surface area (Å²) in [6, 6.07) is 2.48. The van der Waals surface area contributed by atoms with Gasteiger partial charge in [0.2, 0.25) is 0 Å². The van der Waals surface area contributed by atoms with Gasteiger partial charge in [-0.05, 0) is 39.8 Å². The molecule has 0 bridgehead atoms. The van der Waals surface area contributed by atoms with Crippen molar-refractivity contribution in [3.05, 3.63) is 0 Å². The molecule has 76 valence electrons. The van der Waals surface area contributed by atoms with Crippen LogP contribution >= 0.6 is 0 Å². The summed E-state index contributed by atoms with van der Waals surface area (Å²) in [5.74, 6) is 0. The topological polar surface area (TPSA) is 15.3 Å². The van der Waals surface area contributed by atoms with Gasteiger partial charge >= 0.3 is 0 Å². The Morgan fingerprint density at radius 2 is 1.77 bits per heavy atom. The summed E-state index contributed by atoms with van der Waals surface area (Å²) >= 11 is 0. The van der Waals surface area contributed by atoms with E-state index in [2.05, 4.69) is 24.3 Å². The Kier molecular flexibility index (Phi) is 2.89. The zero-order chi connectivity index (χ0) is 9.26. The van der Waals surface area contributed by atoms with Crippen LogP contribution in [-0.2, 0) is 0 Å². The molecule has 1 N–H and O–H groups in total. The summed E-state index contributed by atoms with van der Waals surface area (Å²) in [7, 11) is 4.43. The highest BCUT2D eigenvalue weighted by Crippen LogP contribution is 2.32. The molecule has 0 amide bonds. The lowest BCUT2D eigenvalue weighted by Crippen LogP contribution is -2.50. The van der Waals surface area contributed by atoms with Crippen molar-refractivity contribution in [1.82, 2.24) is 10.2 Å². The predicted octanol–water partition coefficient (Wildman–Crippen LogP) is 1.61. The van der Waals surface area contributed by atoms with Crippen LogP contribution in [-0.4, -0.2) is 37.1 Å². The van der Waals surface area contributed by atoms with Crippen molar-refractivity contribution in [2.45, 2.75) is 56.7 Å². The lowest BCUT2D eigenvalue weighted by molar-refractivity contribution is 0.147. The fourth-order valence-electron chi connectivity index (χ4n) is 2.69. The Labute approximate surface area is 81.7 Å². The Bertz CT molecular complexity index is 163. The van der Waals surface area contributed by atoms with Gasteiger partial charge in [-0.1, -0.05) is 12.8 Å². The molecule has 0 aliphatic heterocycles. The van der Waals surface area contributed by atoms with Gasteiger partial charge in [-0.3, -0.25) is 4.90 Å². The van der Waals surface area contributed by atoms with Crippen molar-refractivity contribution in [2.24, 2.45) is 0 Å². The minimum absolute atomic E-state index is 0.749. The molecule has 0 heterocycles. The van der Waals surface area contributed by atoms with Gasteiger partial charge in [0.25, 0.3) is 0 Å². The van der Waals surface area contributed by atoms with E-state index in [1.807, 2.05) is 0 Å². The quantitative estimate of drug-likeness (QED) is 0.713. The summed E-state index contributed by atoms with van der Waals surface area (Å²) in [4.78, 5) is 2.63. The first-order valence-electron chi connectivity index (χ1n) is 5.72. The highest BCUT2D eigenvalue weighted by molar-refractivity contribution is 4.93. The van der Waals surface area contributed by atoms with E-state index in [1.54, 1.807) is 0 Å². The molecule has 13 heavy (non-hydrogen) atoms. The van der Waals surface area contributed by atoms with E-state index in [9.17, 15) is 0 Å². The molecule has 2 aliphatic rings. The smallest absolute Gasteiger partial charge is 0.0249 e. The van der Waals surface area contributed by atoms with Crippen molar-refractivity contribution >= 4 is 0 Å². The third-order valence-corrected chi connectivity index (χ3v) is 3.75. The molecule has 2 fully saturated rings. The van der Waals surface area contributed by atoms with Crippen molar-refractivity contribution in [3.63, 3.8) is 0 Å². The zero-order valence-corrected chi connectivity index (χ0v) is 8.92. The Balaban J connectivity index is 1.92. The van der Waals surface area contributed by atoms with E-state index < -0.39 is 0 Å². The molecule has 0 aromatic carbocycles. The van der Waals surface area contributed by atoms with E-state index in [0.29, 0.717) is 0 Å². The normalized spacial score (nSPS) is 35.3. The first-order chi connectivity index (χ1) is 6.33. The van der Waals surface area contributed by atoms with Gasteiger partial charge < -0.3 is 5.32 Å². The average molecular weight is 182 g/mol. The molecule has 2 nitrogen and oxygen atoms in total. The molecule has 2 atom stereocenters. The van der Waals surface area contributed by atoms with Crippen LogP contribution in [0.3, 0.4) is 0 Å².